The van der Waals surface area contributed by atoms with Crippen LogP contribution in [0.3, 0.4) is 0 Å². The van der Waals surface area contributed by atoms with Gasteiger partial charge in [0.15, 0.2) is 0 Å². The number of hydrogen-bond donors (Lipinski definition) is 3. The van der Waals surface area contributed by atoms with Crippen molar-refractivity contribution >= 4 is 43.6 Å². The van der Waals surface area contributed by atoms with Crippen molar-refractivity contribution in [3.05, 3.63) is 56.6 Å². The number of nitrogens with zero attached hydrogens (tertiary/aromatic N) is 3. The highest BCUT2D eigenvalue weighted by Crippen LogP contribution is 2.41. The van der Waals surface area contributed by atoms with E-state index in [0.29, 0.717) is 51.6 Å². The number of hydrogen-bond acceptors (Lipinski definition) is 9. The van der Waals surface area contributed by atoms with Gasteiger partial charge in [-0.25, -0.2) is 31.5 Å². The number of nitriles is 1. The molecule has 8 rings (SSSR count). The van der Waals surface area contributed by atoms with Gasteiger partial charge in [0.25, 0.3) is 6.26 Å². The van der Waals surface area contributed by atoms with Gasteiger partial charge in [0.05, 0.1) is 10.5 Å². The Hall–Kier alpha value is -4.20. The molecule has 0 bridgehead atoms. The van der Waals surface area contributed by atoms with E-state index in [0.717, 1.165) is 88.5 Å². The summed E-state index contributed by atoms with van der Waals surface area (Å²) in [7, 11) is -7.18. The van der Waals surface area contributed by atoms with Crippen molar-refractivity contribution in [3.8, 4) is 12.0 Å². The first kappa shape index (κ1) is 47.3. The first-order valence-corrected chi connectivity index (χ1v) is 26.0. The Morgan fingerprint density at radius 3 is 1.42 bits per heavy atom. The van der Waals surface area contributed by atoms with Gasteiger partial charge in [-0.2, -0.15) is 0 Å². The number of amides is 4. The average molecular weight is 895 g/mol. The molecule has 2 saturated carbocycles. The van der Waals surface area contributed by atoms with Crippen molar-refractivity contribution in [2.24, 2.45) is 5.14 Å². The number of rotatable bonds is 9. The Balaban J connectivity index is 0.000000173. The van der Waals surface area contributed by atoms with Crippen LogP contribution in [-0.2, 0) is 81.0 Å². The zero-order valence-corrected chi connectivity index (χ0v) is 38.7. The van der Waals surface area contributed by atoms with Crippen LogP contribution >= 0.6 is 0 Å². The fourth-order valence-electron chi connectivity index (χ4n) is 11.1. The summed E-state index contributed by atoms with van der Waals surface area (Å²) in [5.74, 6) is 0.982. The maximum absolute atomic E-state index is 12.9. The molecule has 6 aliphatic rings. The highest BCUT2D eigenvalue weighted by atomic mass is 32.2. The number of nitrogens with two attached hydrogens (primary N) is 1. The Labute approximate surface area is 368 Å². The molecular weight excluding hydrogens is 829 g/mol. The minimum atomic E-state index is -3.77. The fraction of sp³-hybridized carbons (Fsp3) is 0.652. The Morgan fingerprint density at radius 2 is 1.05 bits per heavy atom. The molecule has 2 aromatic carbocycles. The van der Waals surface area contributed by atoms with E-state index < -0.39 is 36.6 Å². The van der Waals surface area contributed by atoms with Crippen LogP contribution in [0.5, 0.6) is 5.75 Å². The van der Waals surface area contributed by atoms with E-state index in [1.165, 1.54) is 57.3 Å². The normalized spacial score (nSPS) is 22.2. The quantitative estimate of drug-likeness (QED) is 0.242. The maximum Gasteiger partial charge on any atom is 0.332 e. The smallest absolute Gasteiger partial charge is 0.332 e. The molecule has 16 heteroatoms. The van der Waals surface area contributed by atoms with Gasteiger partial charge in [0.2, 0.25) is 31.9 Å². The van der Waals surface area contributed by atoms with Gasteiger partial charge >= 0.3 is 6.03 Å². The van der Waals surface area contributed by atoms with Crippen molar-refractivity contribution < 1.29 is 36.0 Å². The minimum absolute atomic E-state index is 0.0224. The van der Waals surface area contributed by atoms with Crippen LogP contribution in [0.2, 0.25) is 0 Å². The number of aryl methyl sites for hydroxylation is 4. The number of fused-ring (bicyclic) bond motifs is 4. The molecule has 0 heterocycles. The van der Waals surface area contributed by atoms with E-state index in [1.54, 1.807) is 23.6 Å². The van der Waals surface area contributed by atoms with Gasteiger partial charge in [-0.1, -0.05) is 12.1 Å². The van der Waals surface area contributed by atoms with Gasteiger partial charge in [0, 0.05) is 44.7 Å². The van der Waals surface area contributed by atoms with Crippen LogP contribution in [0.1, 0.15) is 149 Å². The van der Waals surface area contributed by atoms with Gasteiger partial charge in [-0.05, 0) is 187 Å². The predicted octanol–water partition coefficient (Wildman–Crippen LogP) is 6.27. The standard InChI is InChI=1S/C23H33N3O4S.C13H13NO.C10H20N2O3S/c1-3-26(15(2)27)18-10-12-19(13-11-18)31(29,30)25-23(28)24-22-20-8-4-6-16(20)14-17-7-5-9-21(17)22;14-8-15-13-11-5-1-3-9(11)7-10-4-2-6-12(10)13;1-3-12(8(2)13)9-4-6-10(7-5-9)16(11,14)15/h14,18-19H,3-13H2,1-2H3,(H2,24,25,28);7H,1-6H2;9-10H,3-7H2,1-2H3,(H2,11,14,15). The van der Waals surface area contributed by atoms with Crippen molar-refractivity contribution in [2.45, 2.75) is 179 Å². The van der Waals surface area contributed by atoms with Gasteiger partial charge in [-0.15, -0.1) is 5.26 Å². The molecule has 62 heavy (non-hydrogen) atoms. The first-order valence-electron chi connectivity index (χ1n) is 22.8. The summed E-state index contributed by atoms with van der Waals surface area (Å²) < 4.78 is 55.6. The molecule has 2 aromatic rings. The summed E-state index contributed by atoms with van der Waals surface area (Å²) in [4.78, 5) is 39.4. The zero-order valence-electron chi connectivity index (χ0n) is 37.0. The van der Waals surface area contributed by atoms with E-state index in [1.807, 2.05) is 20.1 Å². The first-order chi connectivity index (χ1) is 29.6. The lowest BCUT2D eigenvalue weighted by Crippen LogP contribution is -2.46. The van der Waals surface area contributed by atoms with Crippen LogP contribution in [0.4, 0.5) is 10.5 Å². The van der Waals surface area contributed by atoms with Crippen molar-refractivity contribution in [1.29, 1.82) is 5.26 Å². The average Bonchev–Trinajstić information content (AvgIpc) is 4.07. The molecule has 0 unspecified atom stereocenters. The SMILES string of the molecule is CCN(C(C)=O)C1CCC(S(=O)(=O)NC(=O)Nc2c3c(cc4c2CCC4)CCC3)CC1.CCN(C(C)=O)C1CCC(S(N)(=O)=O)CC1.N#COc1c2c(cc3c1CCC3)CCC2. The number of nitrogens with one attached hydrogen (secondary N) is 2. The third-order valence-electron chi connectivity index (χ3n) is 14.1. The maximum atomic E-state index is 12.9. The predicted molar refractivity (Wildman–Crippen MR) is 240 cm³/mol. The highest BCUT2D eigenvalue weighted by Gasteiger charge is 2.36. The molecule has 6 aliphatic carbocycles. The molecular formula is C46H66N6O8S2. The summed E-state index contributed by atoms with van der Waals surface area (Å²) in [6.45, 7) is 8.29. The lowest BCUT2D eigenvalue weighted by atomic mass is 9.93. The van der Waals surface area contributed by atoms with E-state index in [9.17, 15) is 31.2 Å². The number of carbonyl (C=O) groups excluding carboxylic acids is 3. The summed E-state index contributed by atoms with van der Waals surface area (Å²) in [6, 6.07) is 4.23. The summed E-state index contributed by atoms with van der Waals surface area (Å²) >= 11 is 0. The fourth-order valence-corrected chi connectivity index (χ4v) is 13.4. The van der Waals surface area contributed by atoms with Gasteiger partial charge < -0.3 is 19.9 Å². The second kappa shape index (κ2) is 20.5. The third kappa shape index (κ3) is 10.9. The Morgan fingerprint density at radius 1 is 0.661 bits per heavy atom. The van der Waals surface area contributed by atoms with Crippen LogP contribution < -0.4 is 19.9 Å². The van der Waals surface area contributed by atoms with Crippen LogP contribution in [-0.4, -0.2) is 80.2 Å². The number of primary sulfonamides is 1. The van der Waals surface area contributed by atoms with E-state index >= 15 is 0 Å². The van der Waals surface area contributed by atoms with E-state index in [-0.39, 0.29) is 23.9 Å². The summed E-state index contributed by atoms with van der Waals surface area (Å²) in [5, 5.41) is 15.7. The molecule has 0 saturated heterocycles. The molecule has 0 radical (unpaired) electrons. The van der Waals surface area contributed by atoms with Crippen molar-refractivity contribution in [2.75, 3.05) is 18.4 Å². The van der Waals surface area contributed by atoms with Crippen LogP contribution in [0.15, 0.2) is 12.1 Å². The molecule has 2 fully saturated rings. The third-order valence-corrected chi connectivity index (χ3v) is 17.3. The molecule has 0 atom stereocenters. The number of ether oxygens (including phenoxy) is 1. The topological polar surface area (TPSA) is 209 Å². The summed E-state index contributed by atoms with van der Waals surface area (Å²) in [5.41, 5.74) is 11.2. The van der Waals surface area contributed by atoms with Gasteiger partial charge in [-0.3, -0.25) is 9.59 Å². The monoisotopic (exact) mass is 894 g/mol. The molecule has 0 spiro atoms. The highest BCUT2D eigenvalue weighted by molar-refractivity contribution is 7.90. The molecule has 0 aliphatic heterocycles. The molecule has 4 N–H and O–H groups in total. The van der Waals surface area contributed by atoms with E-state index in [2.05, 4.69) is 22.2 Å². The summed E-state index contributed by atoms with van der Waals surface area (Å²) in [6.07, 6.45) is 19.6. The van der Waals surface area contributed by atoms with Crippen LogP contribution in [0.25, 0.3) is 0 Å². The minimum Gasteiger partial charge on any atom is -0.387 e. The molecule has 4 amide bonds. The second-order valence-electron chi connectivity index (χ2n) is 17.8. The molecule has 0 aromatic heterocycles. The van der Waals surface area contributed by atoms with Crippen molar-refractivity contribution in [3.63, 3.8) is 0 Å². The zero-order chi connectivity index (χ0) is 44.8. The number of carbonyl (C=O) groups is 3. The lowest BCUT2D eigenvalue weighted by molar-refractivity contribution is -0.132. The number of benzene rings is 2. The molecule has 340 valence electrons. The van der Waals surface area contributed by atoms with Crippen molar-refractivity contribution in [1.82, 2.24) is 14.5 Å². The molecule has 14 nitrogen and oxygen atoms in total. The second-order valence-corrected chi connectivity index (χ2v) is 21.6. The lowest BCUT2D eigenvalue weighted by Gasteiger charge is -2.35. The largest absolute Gasteiger partial charge is 0.387 e. The number of anilines is 1. The Bertz CT molecular complexity index is 2190. The van der Waals surface area contributed by atoms with Gasteiger partial charge in [0.1, 0.15) is 5.75 Å². The number of sulfonamides is 2. The number of urea groups is 1. The van der Waals surface area contributed by atoms with E-state index in [4.69, 9.17) is 15.1 Å². The Kier molecular flexibility index (Phi) is 15.7. The van der Waals surface area contributed by atoms with Crippen LogP contribution in [0, 0.1) is 11.5 Å².